The fourth-order valence-corrected chi connectivity index (χ4v) is 3.37. The first-order valence-electron chi connectivity index (χ1n) is 10.5. The molecule has 168 valence electrons. The van der Waals surface area contributed by atoms with E-state index in [0.717, 1.165) is 50.1 Å². The summed E-state index contributed by atoms with van der Waals surface area (Å²) in [5.74, 6) is 2.32. The van der Waals surface area contributed by atoms with Crippen LogP contribution in [0.15, 0.2) is 59.6 Å². The molecule has 0 fully saturated rings. The second-order valence-electron chi connectivity index (χ2n) is 7.10. The third-order valence-electron chi connectivity index (χ3n) is 5.04. The fraction of sp³-hybridized carbons (Fsp3) is 0.375. The number of benzene rings is 2. The van der Waals surface area contributed by atoms with Gasteiger partial charge in [0.1, 0.15) is 0 Å². The molecule has 6 nitrogen and oxygen atoms in total. The topological polar surface area (TPSA) is 58.1 Å². The summed E-state index contributed by atoms with van der Waals surface area (Å²) < 4.78 is 10.7. The third-order valence-corrected chi connectivity index (χ3v) is 5.04. The van der Waals surface area contributed by atoms with Crippen LogP contribution in [0.25, 0.3) is 0 Å². The molecule has 1 aliphatic heterocycles. The Morgan fingerprint density at radius 2 is 1.61 bits per heavy atom. The molecule has 2 aromatic carbocycles. The lowest BCUT2D eigenvalue weighted by molar-refractivity contribution is 0.354. The van der Waals surface area contributed by atoms with Crippen LogP contribution in [0.4, 0.5) is 5.69 Å². The lowest BCUT2D eigenvalue weighted by Crippen LogP contribution is -2.38. The Balaban J connectivity index is 0.00000341. The zero-order chi connectivity index (χ0) is 21.2. The molecule has 0 bridgehead atoms. The Hall–Kier alpha value is -2.42. The molecule has 0 amide bonds. The molecule has 0 radical (unpaired) electrons. The molecule has 7 heteroatoms. The number of ether oxygens (including phenoxy) is 2. The summed E-state index contributed by atoms with van der Waals surface area (Å²) in [5.41, 5.74) is 3.64. The van der Waals surface area contributed by atoms with Crippen molar-refractivity contribution in [1.29, 1.82) is 0 Å². The molecule has 0 spiro atoms. The van der Waals surface area contributed by atoms with Crippen molar-refractivity contribution in [3.05, 3.63) is 65.7 Å². The summed E-state index contributed by atoms with van der Waals surface area (Å²) in [5, 5.41) is 6.73. The number of guanidine groups is 1. The van der Waals surface area contributed by atoms with Gasteiger partial charge in [-0.15, -0.1) is 24.0 Å². The van der Waals surface area contributed by atoms with Crippen LogP contribution in [-0.2, 0) is 13.0 Å². The maximum absolute atomic E-state index is 5.38. The number of methoxy groups -OCH3 is 2. The number of aliphatic imine (C=N–C) groups is 1. The summed E-state index contributed by atoms with van der Waals surface area (Å²) in [6.45, 7) is 6.30. The largest absolute Gasteiger partial charge is 0.493 e. The Morgan fingerprint density at radius 1 is 0.935 bits per heavy atom. The predicted molar refractivity (Wildman–Crippen MR) is 139 cm³/mol. The van der Waals surface area contributed by atoms with Gasteiger partial charge in [0.05, 0.1) is 20.8 Å². The lowest BCUT2D eigenvalue weighted by Gasteiger charge is -2.17. The molecule has 2 aromatic rings. The summed E-state index contributed by atoms with van der Waals surface area (Å²) in [6, 6.07) is 14.7. The van der Waals surface area contributed by atoms with Gasteiger partial charge in [-0.2, -0.15) is 0 Å². The first kappa shape index (κ1) is 24.8. The number of nitrogens with zero attached hydrogens (tertiary/aromatic N) is 2. The minimum absolute atomic E-state index is 0. The van der Waals surface area contributed by atoms with E-state index in [1.54, 1.807) is 14.2 Å². The van der Waals surface area contributed by atoms with Crippen molar-refractivity contribution >= 4 is 35.6 Å². The summed E-state index contributed by atoms with van der Waals surface area (Å²) in [6.07, 6.45) is 5.27. The Kier molecular flexibility index (Phi) is 10.5. The average Bonchev–Trinajstić information content (AvgIpc) is 3.32. The molecule has 2 N–H and O–H groups in total. The van der Waals surface area contributed by atoms with Crippen LogP contribution < -0.4 is 25.0 Å². The van der Waals surface area contributed by atoms with Gasteiger partial charge in [0.25, 0.3) is 0 Å². The van der Waals surface area contributed by atoms with Crippen LogP contribution in [0, 0.1) is 0 Å². The molecule has 0 saturated heterocycles. The van der Waals surface area contributed by atoms with E-state index >= 15 is 0 Å². The van der Waals surface area contributed by atoms with Gasteiger partial charge in [-0.25, -0.2) is 4.99 Å². The van der Waals surface area contributed by atoms with E-state index in [-0.39, 0.29) is 24.0 Å². The normalized spacial score (nSPS) is 13.0. The number of nitrogens with one attached hydrogen (secondary N) is 2. The van der Waals surface area contributed by atoms with Crippen molar-refractivity contribution in [3.63, 3.8) is 0 Å². The van der Waals surface area contributed by atoms with Crippen LogP contribution in [0.3, 0.4) is 0 Å². The van der Waals surface area contributed by atoms with Crippen molar-refractivity contribution < 1.29 is 9.47 Å². The number of halogens is 1. The summed E-state index contributed by atoms with van der Waals surface area (Å²) in [7, 11) is 3.31. The Labute approximate surface area is 202 Å². The molecule has 1 heterocycles. The van der Waals surface area contributed by atoms with Gasteiger partial charge in [-0.3, -0.25) is 0 Å². The lowest BCUT2D eigenvalue weighted by atomic mass is 10.1. The van der Waals surface area contributed by atoms with Crippen LogP contribution in [0.5, 0.6) is 11.5 Å². The van der Waals surface area contributed by atoms with Crippen molar-refractivity contribution in [2.24, 2.45) is 4.99 Å². The van der Waals surface area contributed by atoms with Gasteiger partial charge in [0.15, 0.2) is 17.5 Å². The molecular formula is C24H33IN4O2. The second-order valence-corrected chi connectivity index (χ2v) is 7.10. The van der Waals surface area contributed by atoms with Crippen molar-refractivity contribution in [2.45, 2.75) is 19.9 Å². The standard InChI is InChI=1S/C24H32N4O2.HI/c1-4-25-24(26-14-13-19-9-12-22(29-2)23(17-19)30-3)27-18-20-7-10-21(11-8-20)28-15-5-6-16-28;/h5-12,17H,4,13-16,18H2,1-3H3,(H2,25,26,27);1H. The number of rotatable bonds is 9. The third kappa shape index (κ3) is 7.34. The molecule has 0 saturated carbocycles. The number of hydrogen-bond acceptors (Lipinski definition) is 4. The SMILES string of the molecule is CCNC(=NCc1ccc(N2CC=CC2)cc1)NCCc1ccc(OC)c(OC)c1.I. The summed E-state index contributed by atoms with van der Waals surface area (Å²) >= 11 is 0. The summed E-state index contributed by atoms with van der Waals surface area (Å²) in [4.78, 5) is 7.07. The van der Waals surface area contributed by atoms with E-state index in [2.05, 4.69) is 64.9 Å². The highest BCUT2D eigenvalue weighted by Crippen LogP contribution is 2.27. The second kappa shape index (κ2) is 13.1. The van der Waals surface area contributed by atoms with E-state index in [1.165, 1.54) is 16.8 Å². The van der Waals surface area contributed by atoms with Crippen LogP contribution in [-0.4, -0.2) is 46.4 Å². The fourth-order valence-electron chi connectivity index (χ4n) is 3.37. The molecule has 31 heavy (non-hydrogen) atoms. The monoisotopic (exact) mass is 536 g/mol. The average molecular weight is 536 g/mol. The molecule has 0 aromatic heterocycles. The van der Waals surface area contributed by atoms with E-state index in [9.17, 15) is 0 Å². The molecule has 0 aliphatic carbocycles. The maximum atomic E-state index is 5.38. The van der Waals surface area contributed by atoms with Crippen LogP contribution >= 0.6 is 24.0 Å². The quantitative estimate of drug-likeness (QED) is 0.220. The minimum atomic E-state index is 0. The van der Waals surface area contributed by atoms with Gasteiger partial charge in [-0.1, -0.05) is 30.4 Å². The van der Waals surface area contributed by atoms with Crippen LogP contribution in [0.1, 0.15) is 18.1 Å². The van der Waals surface area contributed by atoms with E-state index in [0.29, 0.717) is 6.54 Å². The first-order chi connectivity index (χ1) is 14.7. The van der Waals surface area contributed by atoms with Crippen LogP contribution in [0.2, 0.25) is 0 Å². The van der Waals surface area contributed by atoms with E-state index in [4.69, 9.17) is 14.5 Å². The van der Waals surface area contributed by atoms with Crippen molar-refractivity contribution in [3.8, 4) is 11.5 Å². The smallest absolute Gasteiger partial charge is 0.191 e. The van der Waals surface area contributed by atoms with Gasteiger partial charge in [0.2, 0.25) is 0 Å². The van der Waals surface area contributed by atoms with E-state index in [1.807, 2.05) is 12.1 Å². The minimum Gasteiger partial charge on any atom is -0.493 e. The van der Waals surface area contributed by atoms with E-state index < -0.39 is 0 Å². The van der Waals surface area contributed by atoms with Gasteiger partial charge >= 0.3 is 0 Å². The molecule has 1 aliphatic rings. The molecule has 3 rings (SSSR count). The zero-order valence-electron chi connectivity index (χ0n) is 18.6. The Morgan fingerprint density at radius 3 is 2.26 bits per heavy atom. The van der Waals surface area contributed by atoms with Crippen molar-refractivity contribution in [1.82, 2.24) is 10.6 Å². The van der Waals surface area contributed by atoms with Gasteiger partial charge in [0, 0.05) is 31.9 Å². The highest BCUT2D eigenvalue weighted by molar-refractivity contribution is 14.0. The highest BCUT2D eigenvalue weighted by atomic mass is 127. The predicted octanol–water partition coefficient (Wildman–Crippen LogP) is 4.00. The maximum Gasteiger partial charge on any atom is 0.191 e. The number of hydrogen-bond donors (Lipinski definition) is 2. The Bertz CT molecular complexity index is 860. The molecular weight excluding hydrogens is 503 g/mol. The number of anilines is 1. The first-order valence-corrected chi connectivity index (χ1v) is 10.5. The molecule has 0 unspecified atom stereocenters. The molecule has 0 atom stereocenters. The van der Waals surface area contributed by atoms with Gasteiger partial charge < -0.3 is 25.0 Å². The highest BCUT2D eigenvalue weighted by Gasteiger charge is 2.07. The zero-order valence-corrected chi connectivity index (χ0v) is 20.9. The van der Waals surface area contributed by atoms with Crippen molar-refractivity contribution in [2.75, 3.05) is 45.3 Å². The van der Waals surface area contributed by atoms with Gasteiger partial charge in [-0.05, 0) is 48.7 Å².